The Hall–Kier alpha value is -1.59. The fourth-order valence-electron chi connectivity index (χ4n) is 4.03. The zero-order valence-electron chi connectivity index (χ0n) is 14.0. The number of nitrogens with zero attached hydrogens (tertiary/aromatic N) is 2. The van der Waals surface area contributed by atoms with Crippen molar-refractivity contribution in [3.63, 3.8) is 0 Å². The first-order valence-corrected chi connectivity index (χ1v) is 8.73. The van der Waals surface area contributed by atoms with Gasteiger partial charge in [-0.05, 0) is 44.9 Å². The van der Waals surface area contributed by atoms with E-state index in [1.165, 1.54) is 0 Å². The topological polar surface area (TPSA) is 60.9 Å². The van der Waals surface area contributed by atoms with Gasteiger partial charge in [0.25, 0.3) is 0 Å². The zero-order valence-corrected chi connectivity index (χ0v) is 14.8. The van der Waals surface area contributed by atoms with Crippen molar-refractivity contribution in [1.82, 2.24) is 9.80 Å². The van der Waals surface area contributed by atoms with E-state index < -0.39 is 17.4 Å². The lowest BCUT2D eigenvalue weighted by Gasteiger charge is -2.32. The Morgan fingerprint density at radius 2 is 1.88 bits per heavy atom. The summed E-state index contributed by atoms with van der Waals surface area (Å²) < 4.78 is 0. The predicted octanol–water partition coefficient (Wildman–Crippen LogP) is 2.80. The molecule has 3 atom stereocenters. The van der Waals surface area contributed by atoms with Crippen LogP contribution in [0.15, 0.2) is 24.3 Å². The molecule has 2 aliphatic heterocycles. The smallest absolute Gasteiger partial charge is 0.323 e. The van der Waals surface area contributed by atoms with Crippen molar-refractivity contribution in [2.45, 2.75) is 37.8 Å². The van der Waals surface area contributed by atoms with Crippen LogP contribution in [-0.4, -0.2) is 52.5 Å². The molecule has 0 radical (unpaired) electrons. The molecule has 1 aromatic carbocycles. The van der Waals surface area contributed by atoms with Gasteiger partial charge in [0, 0.05) is 24.2 Å². The number of amides is 1. The standard InChI is InChI=1S/C18H23ClN2O3/c1-18(17(23)24)11-13(16(22)21-9-5-6-10-21)15(20(18)2)12-7-3-4-8-14(12)19/h3-4,7-8,13,15H,5-6,9-11H2,1-2H3,(H,23,24)/t13-,15-,18-/m1/s1. The van der Waals surface area contributed by atoms with Crippen LogP contribution >= 0.6 is 11.6 Å². The number of hydrogen-bond acceptors (Lipinski definition) is 3. The number of hydrogen-bond donors (Lipinski definition) is 1. The average Bonchev–Trinajstić information content (AvgIpc) is 3.16. The Balaban J connectivity index is 2.02. The summed E-state index contributed by atoms with van der Waals surface area (Å²) in [5, 5.41) is 10.3. The van der Waals surface area contributed by atoms with Crippen molar-refractivity contribution in [1.29, 1.82) is 0 Å². The van der Waals surface area contributed by atoms with Crippen LogP contribution in [0, 0.1) is 5.92 Å². The zero-order chi connectivity index (χ0) is 17.5. The van der Waals surface area contributed by atoms with Crippen LogP contribution < -0.4 is 0 Å². The van der Waals surface area contributed by atoms with Crippen LogP contribution in [0.5, 0.6) is 0 Å². The molecule has 2 saturated heterocycles. The van der Waals surface area contributed by atoms with Crippen LogP contribution in [0.3, 0.4) is 0 Å². The molecule has 0 unspecified atom stereocenters. The first kappa shape index (κ1) is 17.2. The summed E-state index contributed by atoms with van der Waals surface area (Å²) in [5.41, 5.74) is -0.256. The molecule has 24 heavy (non-hydrogen) atoms. The van der Waals surface area contributed by atoms with Crippen LogP contribution in [0.2, 0.25) is 5.02 Å². The lowest BCUT2D eigenvalue weighted by atomic mass is 9.89. The maximum Gasteiger partial charge on any atom is 0.323 e. The average molecular weight is 351 g/mol. The third-order valence-electron chi connectivity index (χ3n) is 5.61. The van der Waals surface area contributed by atoms with Crippen LogP contribution in [0.4, 0.5) is 0 Å². The number of carboxylic acids is 1. The molecule has 1 N–H and O–H groups in total. The Bertz CT molecular complexity index is 659. The van der Waals surface area contributed by atoms with E-state index in [0.29, 0.717) is 11.4 Å². The molecule has 0 spiro atoms. The molecular formula is C18H23ClN2O3. The Morgan fingerprint density at radius 3 is 2.46 bits per heavy atom. The van der Waals surface area contributed by atoms with Crippen LogP contribution in [-0.2, 0) is 9.59 Å². The molecule has 2 aliphatic rings. The minimum atomic E-state index is -1.08. The van der Waals surface area contributed by atoms with E-state index >= 15 is 0 Å². The summed E-state index contributed by atoms with van der Waals surface area (Å²) >= 11 is 6.37. The molecule has 0 bridgehead atoms. The normalized spacial score (nSPS) is 30.7. The second-order valence-corrected chi connectivity index (χ2v) is 7.41. The summed E-state index contributed by atoms with van der Waals surface area (Å²) in [5.74, 6) is -1.25. The van der Waals surface area contributed by atoms with Gasteiger partial charge in [-0.3, -0.25) is 14.5 Å². The molecule has 3 rings (SSSR count). The summed E-state index contributed by atoms with van der Waals surface area (Å²) in [6.07, 6.45) is 2.33. The minimum absolute atomic E-state index is 0.0502. The van der Waals surface area contributed by atoms with Crippen molar-refractivity contribution < 1.29 is 14.7 Å². The number of halogens is 1. The Labute approximate surface area is 147 Å². The summed E-state index contributed by atoms with van der Waals surface area (Å²) in [6.45, 7) is 3.21. The highest BCUT2D eigenvalue weighted by molar-refractivity contribution is 6.31. The summed E-state index contributed by atoms with van der Waals surface area (Å²) in [6, 6.07) is 7.07. The van der Waals surface area contributed by atoms with Gasteiger partial charge in [0.1, 0.15) is 5.54 Å². The number of likely N-dealkylation sites (N-methyl/N-ethyl adjacent to an activating group) is 1. The number of rotatable bonds is 3. The molecule has 5 nitrogen and oxygen atoms in total. The molecular weight excluding hydrogens is 328 g/mol. The van der Waals surface area contributed by atoms with Gasteiger partial charge in [-0.25, -0.2) is 0 Å². The quantitative estimate of drug-likeness (QED) is 0.910. The third-order valence-corrected chi connectivity index (χ3v) is 5.96. The van der Waals surface area contributed by atoms with E-state index in [0.717, 1.165) is 31.5 Å². The monoisotopic (exact) mass is 350 g/mol. The Morgan fingerprint density at radius 1 is 1.25 bits per heavy atom. The molecule has 130 valence electrons. The highest BCUT2D eigenvalue weighted by Gasteiger charge is 2.55. The van der Waals surface area contributed by atoms with Crippen molar-refractivity contribution in [3.8, 4) is 0 Å². The van der Waals surface area contributed by atoms with E-state index in [4.69, 9.17) is 11.6 Å². The molecule has 2 fully saturated rings. The van der Waals surface area contributed by atoms with Crippen molar-refractivity contribution in [2.24, 2.45) is 5.92 Å². The van der Waals surface area contributed by atoms with E-state index in [9.17, 15) is 14.7 Å². The molecule has 0 saturated carbocycles. The maximum absolute atomic E-state index is 13.1. The molecule has 1 aromatic rings. The number of carbonyl (C=O) groups is 2. The van der Waals surface area contributed by atoms with Gasteiger partial charge in [-0.15, -0.1) is 0 Å². The molecule has 0 aromatic heterocycles. The fraction of sp³-hybridized carbons (Fsp3) is 0.556. The Kier molecular flexibility index (Phi) is 4.58. The van der Waals surface area contributed by atoms with Gasteiger partial charge >= 0.3 is 5.97 Å². The van der Waals surface area contributed by atoms with E-state index in [1.54, 1.807) is 24.9 Å². The van der Waals surface area contributed by atoms with Gasteiger partial charge < -0.3 is 10.0 Å². The minimum Gasteiger partial charge on any atom is -0.480 e. The highest BCUT2D eigenvalue weighted by Crippen LogP contribution is 2.48. The lowest BCUT2D eigenvalue weighted by molar-refractivity contribution is -0.148. The van der Waals surface area contributed by atoms with Crippen LogP contribution in [0.1, 0.15) is 37.8 Å². The predicted molar refractivity (Wildman–Crippen MR) is 91.9 cm³/mol. The molecule has 1 amide bonds. The molecule has 6 heteroatoms. The third kappa shape index (κ3) is 2.70. The van der Waals surface area contributed by atoms with E-state index in [-0.39, 0.29) is 11.9 Å². The highest BCUT2D eigenvalue weighted by atomic mass is 35.5. The van der Waals surface area contributed by atoms with Gasteiger partial charge in [-0.2, -0.15) is 0 Å². The largest absolute Gasteiger partial charge is 0.480 e. The summed E-state index contributed by atoms with van der Waals surface area (Å²) in [4.78, 5) is 28.6. The first-order valence-electron chi connectivity index (χ1n) is 8.36. The van der Waals surface area contributed by atoms with Crippen molar-refractivity contribution >= 4 is 23.5 Å². The molecule has 2 heterocycles. The number of benzene rings is 1. The second kappa shape index (κ2) is 6.37. The van der Waals surface area contributed by atoms with Gasteiger partial charge in [0.2, 0.25) is 5.91 Å². The van der Waals surface area contributed by atoms with Crippen LogP contribution in [0.25, 0.3) is 0 Å². The number of carbonyl (C=O) groups excluding carboxylic acids is 1. The van der Waals surface area contributed by atoms with Gasteiger partial charge in [-0.1, -0.05) is 29.8 Å². The van der Waals surface area contributed by atoms with Gasteiger partial charge in [0.05, 0.1) is 5.92 Å². The number of likely N-dealkylation sites (tertiary alicyclic amines) is 2. The van der Waals surface area contributed by atoms with Gasteiger partial charge in [0.15, 0.2) is 0 Å². The number of aliphatic carboxylic acids is 1. The summed E-state index contributed by atoms with van der Waals surface area (Å²) in [7, 11) is 1.78. The van der Waals surface area contributed by atoms with Crippen molar-refractivity contribution in [2.75, 3.05) is 20.1 Å². The first-order chi connectivity index (χ1) is 11.4. The fourth-order valence-corrected chi connectivity index (χ4v) is 4.28. The maximum atomic E-state index is 13.1. The number of carboxylic acid groups (broad SMARTS) is 1. The SMILES string of the molecule is CN1[C@H](c2ccccc2Cl)[C@H](C(=O)N2CCCC2)C[C@]1(C)C(=O)O. The van der Waals surface area contributed by atoms with E-state index in [2.05, 4.69) is 0 Å². The molecule has 0 aliphatic carbocycles. The van der Waals surface area contributed by atoms with E-state index in [1.807, 2.05) is 23.1 Å². The van der Waals surface area contributed by atoms with Crippen molar-refractivity contribution in [3.05, 3.63) is 34.9 Å². The lowest BCUT2D eigenvalue weighted by Crippen LogP contribution is -2.46. The second-order valence-electron chi connectivity index (χ2n) is 7.00.